The summed E-state index contributed by atoms with van der Waals surface area (Å²) in [5, 5.41) is 10.2. The SMILES string of the molecule is C(=C\c1ccc(-c2c3ccccc3c(-c3cccc4ccccc34)c3ccccc23)cc1)/c1ccc(-c2ccc3ccccc3c2)cc1. The van der Waals surface area contributed by atoms with Crippen LogP contribution in [0, 0.1) is 0 Å². The second-order valence-corrected chi connectivity index (χ2v) is 12.5. The fourth-order valence-corrected chi connectivity index (χ4v) is 7.28. The maximum Gasteiger partial charge on any atom is -0.00201 e. The second-order valence-electron chi connectivity index (χ2n) is 12.5. The molecule has 0 atom stereocenters. The van der Waals surface area contributed by atoms with E-state index in [1.807, 2.05) is 0 Å². The van der Waals surface area contributed by atoms with Crippen molar-refractivity contribution in [2.24, 2.45) is 0 Å². The minimum atomic E-state index is 1.18. The summed E-state index contributed by atoms with van der Waals surface area (Å²) < 4.78 is 0. The lowest BCUT2D eigenvalue weighted by Crippen LogP contribution is -1.91. The third-order valence-corrected chi connectivity index (χ3v) is 9.65. The summed E-state index contributed by atoms with van der Waals surface area (Å²) in [7, 11) is 0. The molecule has 0 heteroatoms. The standard InChI is InChI=1S/C48H32/c1-2-12-39-32-40(31-30-35(39)10-1)36-26-22-33(23-27-36)20-21-34-24-28-38(29-25-34)47-43-15-5-7-17-45(43)48(46-18-8-6-16-44(46)47)42-19-9-13-37-11-3-4-14-41(37)42/h1-32H/b21-20+. The van der Waals surface area contributed by atoms with E-state index in [1.54, 1.807) is 0 Å². The van der Waals surface area contributed by atoms with Crippen LogP contribution in [-0.2, 0) is 0 Å². The molecule has 0 aliphatic heterocycles. The maximum atomic E-state index is 2.28. The van der Waals surface area contributed by atoms with Crippen LogP contribution in [0.5, 0.6) is 0 Å². The van der Waals surface area contributed by atoms with E-state index < -0.39 is 0 Å². The zero-order chi connectivity index (χ0) is 31.9. The third kappa shape index (κ3) is 4.96. The Hall–Kier alpha value is -6.24. The lowest BCUT2D eigenvalue weighted by Gasteiger charge is -2.18. The van der Waals surface area contributed by atoms with Crippen LogP contribution in [0.25, 0.3) is 88.6 Å². The van der Waals surface area contributed by atoms with Crippen LogP contribution in [-0.4, -0.2) is 0 Å². The van der Waals surface area contributed by atoms with Crippen molar-refractivity contribution >= 4 is 55.2 Å². The van der Waals surface area contributed by atoms with Gasteiger partial charge < -0.3 is 0 Å². The molecular weight excluding hydrogens is 577 g/mol. The molecule has 48 heavy (non-hydrogen) atoms. The van der Waals surface area contributed by atoms with Crippen molar-refractivity contribution < 1.29 is 0 Å². The molecule has 0 amide bonds. The van der Waals surface area contributed by atoms with Crippen LogP contribution in [0.15, 0.2) is 182 Å². The Morgan fingerprint density at radius 2 is 0.729 bits per heavy atom. The Morgan fingerprint density at radius 1 is 0.271 bits per heavy atom. The molecule has 0 spiro atoms. The predicted octanol–water partition coefficient (Wildman–Crippen LogP) is 13.5. The Balaban J connectivity index is 1.07. The topological polar surface area (TPSA) is 0 Å². The molecule has 9 aromatic carbocycles. The van der Waals surface area contributed by atoms with Crippen LogP contribution >= 0.6 is 0 Å². The van der Waals surface area contributed by atoms with Gasteiger partial charge in [0.25, 0.3) is 0 Å². The van der Waals surface area contributed by atoms with E-state index in [-0.39, 0.29) is 0 Å². The van der Waals surface area contributed by atoms with E-state index in [0.717, 1.165) is 0 Å². The van der Waals surface area contributed by atoms with Gasteiger partial charge in [0, 0.05) is 0 Å². The summed E-state index contributed by atoms with van der Waals surface area (Å²) in [5.41, 5.74) is 9.92. The molecule has 0 N–H and O–H groups in total. The van der Waals surface area contributed by atoms with E-state index in [1.165, 1.54) is 87.6 Å². The summed E-state index contributed by atoms with van der Waals surface area (Å²) in [4.78, 5) is 0. The molecule has 224 valence electrons. The Morgan fingerprint density at radius 3 is 1.35 bits per heavy atom. The lowest BCUT2D eigenvalue weighted by molar-refractivity contribution is 1.61. The monoisotopic (exact) mass is 608 g/mol. The minimum Gasteiger partial charge on any atom is -0.0616 e. The van der Waals surface area contributed by atoms with Gasteiger partial charge in [-0.25, -0.2) is 0 Å². The molecule has 9 aromatic rings. The lowest BCUT2D eigenvalue weighted by atomic mass is 9.84. The molecule has 0 saturated heterocycles. The van der Waals surface area contributed by atoms with Crippen molar-refractivity contribution in [1.29, 1.82) is 0 Å². The smallest absolute Gasteiger partial charge is 0.00201 e. The number of benzene rings is 9. The largest absolute Gasteiger partial charge is 0.0616 e. The molecule has 0 nitrogen and oxygen atoms in total. The molecule has 0 bridgehead atoms. The summed E-state index contributed by atoms with van der Waals surface area (Å²) in [6.45, 7) is 0. The number of rotatable bonds is 5. The predicted molar refractivity (Wildman–Crippen MR) is 208 cm³/mol. The van der Waals surface area contributed by atoms with Gasteiger partial charge in [-0.05, 0) is 93.7 Å². The Labute approximate surface area is 280 Å². The molecule has 0 aliphatic carbocycles. The van der Waals surface area contributed by atoms with Crippen molar-refractivity contribution in [1.82, 2.24) is 0 Å². The van der Waals surface area contributed by atoms with Gasteiger partial charge >= 0.3 is 0 Å². The fraction of sp³-hybridized carbons (Fsp3) is 0. The van der Waals surface area contributed by atoms with E-state index >= 15 is 0 Å². The second kappa shape index (κ2) is 11.8. The van der Waals surface area contributed by atoms with Crippen LogP contribution in [0.4, 0.5) is 0 Å². The molecular formula is C48H32. The first-order chi connectivity index (χ1) is 23.8. The molecule has 0 heterocycles. The first-order valence-electron chi connectivity index (χ1n) is 16.6. The van der Waals surface area contributed by atoms with E-state index in [2.05, 4.69) is 194 Å². The number of hydrogen-bond acceptors (Lipinski definition) is 0. The molecule has 0 fully saturated rings. The highest BCUT2D eigenvalue weighted by Crippen LogP contribution is 2.45. The van der Waals surface area contributed by atoms with Gasteiger partial charge in [0.15, 0.2) is 0 Å². The summed E-state index contributed by atoms with van der Waals surface area (Å²) in [5.74, 6) is 0. The fourth-order valence-electron chi connectivity index (χ4n) is 7.28. The number of fused-ring (bicyclic) bond motifs is 4. The first-order valence-corrected chi connectivity index (χ1v) is 16.6. The van der Waals surface area contributed by atoms with Crippen LogP contribution in [0.2, 0.25) is 0 Å². The van der Waals surface area contributed by atoms with Crippen LogP contribution in [0.3, 0.4) is 0 Å². The van der Waals surface area contributed by atoms with Gasteiger partial charge in [0.05, 0.1) is 0 Å². The van der Waals surface area contributed by atoms with E-state index in [4.69, 9.17) is 0 Å². The zero-order valence-corrected chi connectivity index (χ0v) is 26.5. The molecule has 0 aliphatic rings. The maximum absolute atomic E-state index is 2.28. The molecule has 0 aromatic heterocycles. The van der Waals surface area contributed by atoms with Gasteiger partial charge in [0.1, 0.15) is 0 Å². The van der Waals surface area contributed by atoms with E-state index in [9.17, 15) is 0 Å². The molecule has 0 saturated carbocycles. The summed E-state index contributed by atoms with van der Waals surface area (Å²) in [6.07, 6.45) is 4.40. The van der Waals surface area contributed by atoms with Gasteiger partial charge in [0.2, 0.25) is 0 Å². The summed E-state index contributed by atoms with van der Waals surface area (Å²) >= 11 is 0. The average molecular weight is 609 g/mol. The van der Waals surface area contributed by atoms with Gasteiger partial charge in [-0.2, -0.15) is 0 Å². The summed E-state index contributed by atoms with van der Waals surface area (Å²) in [6, 6.07) is 66.2. The van der Waals surface area contributed by atoms with Crippen LogP contribution in [0.1, 0.15) is 11.1 Å². The van der Waals surface area contributed by atoms with Crippen molar-refractivity contribution in [3.05, 3.63) is 193 Å². The normalized spacial score (nSPS) is 11.7. The molecule has 9 rings (SSSR count). The third-order valence-electron chi connectivity index (χ3n) is 9.65. The highest BCUT2D eigenvalue weighted by atomic mass is 14.2. The van der Waals surface area contributed by atoms with Gasteiger partial charge in [-0.15, -0.1) is 0 Å². The molecule has 0 unspecified atom stereocenters. The van der Waals surface area contributed by atoms with Crippen molar-refractivity contribution in [3.63, 3.8) is 0 Å². The first kappa shape index (κ1) is 28.0. The number of hydrogen-bond donors (Lipinski definition) is 0. The van der Waals surface area contributed by atoms with Gasteiger partial charge in [-0.1, -0.05) is 188 Å². The molecule has 0 radical (unpaired) electrons. The Kier molecular flexibility index (Phi) is 6.91. The van der Waals surface area contributed by atoms with E-state index in [0.29, 0.717) is 0 Å². The minimum absolute atomic E-state index is 1.18. The Bertz CT molecular complexity index is 2580. The highest BCUT2D eigenvalue weighted by molar-refractivity contribution is 6.23. The van der Waals surface area contributed by atoms with Crippen LogP contribution < -0.4 is 0 Å². The van der Waals surface area contributed by atoms with Gasteiger partial charge in [-0.3, -0.25) is 0 Å². The van der Waals surface area contributed by atoms with Crippen molar-refractivity contribution in [2.75, 3.05) is 0 Å². The average Bonchev–Trinajstić information content (AvgIpc) is 3.16. The van der Waals surface area contributed by atoms with Crippen molar-refractivity contribution in [3.8, 4) is 33.4 Å². The quantitative estimate of drug-likeness (QED) is 0.135. The zero-order valence-electron chi connectivity index (χ0n) is 26.5. The highest BCUT2D eigenvalue weighted by Gasteiger charge is 2.17. The van der Waals surface area contributed by atoms with Crippen molar-refractivity contribution in [2.45, 2.75) is 0 Å².